The lowest BCUT2D eigenvalue weighted by Gasteiger charge is -2.12. The highest BCUT2D eigenvalue weighted by atomic mass is 32.2. The molecular weight excluding hydrogens is 300 g/mol. The molecule has 2 rings (SSSR count). The van der Waals surface area contributed by atoms with E-state index >= 15 is 0 Å². The largest absolute Gasteiger partial charge is 0.481 e. The van der Waals surface area contributed by atoms with Crippen LogP contribution in [0.2, 0.25) is 0 Å². The first-order valence-electron chi connectivity index (χ1n) is 6.45. The second-order valence-electron chi connectivity index (χ2n) is 5.21. The van der Waals surface area contributed by atoms with Crippen molar-refractivity contribution in [3.63, 3.8) is 0 Å². The van der Waals surface area contributed by atoms with Crippen molar-refractivity contribution >= 4 is 29.3 Å². The van der Waals surface area contributed by atoms with Crippen LogP contribution in [0.3, 0.4) is 0 Å². The molecule has 1 saturated carbocycles. The van der Waals surface area contributed by atoms with Crippen LogP contribution in [0.4, 0.5) is 14.5 Å². The number of anilines is 1. The van der Waals surface area contributed by atoms with Gasteiger partial charge in [0.05, 0.1) is 12.2 Å². The number of halogens is 2. The number of benzene rings is 1. The Morgan fingerprint density at radius 3 is 2.43 bits per heavy atom. The summed E-state index contributed by atoms with van der Waals surface area (Å²) in [7, 11) is 0. The number of carbonyl (C=O) groups excluding carboxylic acids is 1. The van der Waals surface area contributed by atoms with Gasteiger partial charge in [-0.3, -0.25) is 9.59 Å². The summed E-state index contributed by atoms with van der Waals surface area (Å²) in [6.07, 6.45) is 1.79. The number of hydrogen-bond acceptors (Lipinski definition) is 3. The molecule has 1 fully saturated rings. The third-order valence-corrected chi connectivity index (χ3v) is 4.63. The highest BCUT2D eigenvalue weighted by Gasteiger charge is 2.44. The van der Waals surface area contributed by atoms with Crippen molar-refractivity contribution in [2.24, 2.45) is 5.41 Å². The van der Waals surface area contributed by atoms with Crippen LogP contribution >= 0.6 is 11.8 Å². The smallest absolute Gasteiger partial charge is 0.303 e. The molecule has 0 unspecified atom stereocenters. The Labute approximate surface area is 124 Å². The minimum absolute atomic E-state index is 0.0368. The zero-order valence-electron chi connectivity index (χ0n) is 11.2. The molecule has 21 heavy (non-hydrogen) atoms. The molecule has 0 bridgehead atoms. The minimum Gasteiger partial charge on any atom is -0.481 e. The van der Waals surface area contributed by atoms with Crippen LogP contribution in [-0.4, -0.2) is 28.5 Å². The van der Waals surface area contributed by atoms with E-state index in [4.69, 9.17) is 5.11 Å². The lowest BCUT2D eigenvalue weighted by molar-refractivity contribution is -0.138. The second-order valence-corrected chi connectivity index (χ2v) is 6.19. The highest BCUT2D eigenvalue weighted by molar-refractivity contribution is 8.00. The Bertz CT molecular complexity index is 541. The molecule has 0 atom stereocenters. The first kappa shape index (κ1) is 15.8. The number of carboxylic acid groups (broad SMARTS) is 1. The van der Waals surface area contributed by atoms with Gasteiger partial charge in [-0.1, -0.05) is 6.07 Å². The van der Waals surface area contributed by atoms with Gasteiger partial charge in [0, 0.05) is 0 Å². The van der Waals surface area contributed by atoms with Gasteiger partial charge in [0.1, 0.15) is 17.3 Å². The van der Waals surface area contributed by atoms with Crippen molar-refractivity contribution in [2.45, 2.75) is 19.3 Å². The molecule has 1 amide bonds. The predicted molar refractivity (Wildman–Crippen MR) is 76.2 cm³/mol. The molecule has 4 nitrogen and oxygen atoms in total. The van der Waals surface area contributed by atoms with Gasteiger partial charge in [-0.15, -0.1) is 0 Å². The average Bonchev–Trinajstić information content (AvgIpc) is 3.13. The monoisotopic (exact) mass is 315 g/mol. The zero-order valence-corrected chi connectivity index (χ0v) is 12.0. The summed E-state index contributed by atoms with van der Waals surface area (Å²) in [6, 6.07) is 3.35. The van der Waals surface area contributed by atoms with E-state index in [2.05, 4.69) is 5.32 Å². The highest BCUT2D eigenvalue weighted by Crippen LogP contribution is 2.50. The van der Waals surface area contributed by atoms with Crippen molar-refractivity contribution in [1.29, 1.82) is 0 Å². The number of amides is 1. The van der Waals surface area contributed by atoms with Crippen LogP contribution in [-0.2, 0) is 9.59 Å². The van der Waals surface area contributed by atoms with Gasteiger partial charge in [-0.2, -0.15) is 11.8 Å². The Hall–Kier alpha value is -1.63. The molecule has 0 saturated heterocycles. The SMILES string of the molecule is O=C(O)CC1(CSCC(=O)Nc2c(F)cccc2F)CC1. The summed E-state index contributed by atoms with van der Waals surface area (Å²) in [4.78, 5) is 22.4. The van der Waals surface area contributed by atoms with Crippen LogP contribution in [0.25, 0.3) is 0 Å². The summed E-state index contributed by atoms with van der Waals surface area (Å²) in [6.45, 7) is 0. The molecule has 1 aromatic carbocycles. The van der Waals surface area contributed by atoms with Crippen LogP contribution < -0.4 is 5.32 Å². The maximum atomic E-state index is 13.3. The van der Waals surface area contributed by atoms with Gasteiger partial charge in [0.2, 0.25) is 5.91 Å². The summed E-state index contributed by atoms with van der Waals surface area (Å²) < 4.78 is 26.7. The molecule has 7 heteroatoms. The van der Waals surface area contributed by atoms with Crippen LogP contribution in [0.15, 0.2) is 18.2 Å². The van der Waals surface area contributed by atoms with Gasteiger partial charge in [-0.25, -0.2) is 8.78 Å². The molecule has 114 valence electrons. The van der Waals surface area contributed by atoms with Gasteiger partial charge in [0.25, 0.3) is 0 Å². The second kappa shape index (κ2) is 6.43. The molecule has 0 radical (unpaired) electrons. The van der Waals surface area contributed by atoms with E-state index in [1.54, 1.807) is 0 Å². The molecule has 0 aromatic heterocycles. The van der Waals surface area contributed by atoms with E-state index < -0.39 is 29.2 Å². The quantitative estimate of drug-likeness (QED) is 0.812. The molecule has 1 aliphatic carbocycles. The Morgan fingerprint density at radius 2 is 1.90 bits per heavy atom. The lowest BCUT2D eigenvalue weighted by atomic mass is 10.1. The van der Waals surface area contributed by atoms with Crippen molar-refractivity contribution in [3.8, 4) is 0 Å². The predicted octanol–water partition coefficient (Wildman–Crippen LogP) is 2.89. The summed E-state index contributed by atoms with van der Waals surface area (Å²) in [5, 5.41) is 11.0. The van der Waals surface area contributed by atoms with Gasteiger partial charge >= 0.3 is 5.97 Å². The number of carboxylic acids is 1. The number of hydrogen-bond donors (Lipinski definition) is 2. The Balaban J connectivity index is 1.79. The third-order valence-electron chi connectivity index (χ3n) is 3.35. The number of carbonyl (C=O) groups is 2. The van der Waals surface area contributed by atoms with Crippen molar-refractivity contribution in [3.05, 3.63) is 29.8 Å². The van der Waals surface area contributed by atoms with Crippen LogP contribution in [0.5, 0.6) is 0 Å². The fraction of sp³-hybridized carbons (Fsp3) is 0.429. The number of rotatable bonds is 7. The first-order valence-corrected chi connectivity index (χ1v) is 7.61. The van der Waals surface area contributed by atoms with Gasteiger partial charge in [0.15, 0.2) is 0 Å². The number of nitrogens with one attached hydrogen (secondary N) is 1. The fourth-order valence-corrected chi connectivity index (χ4v) is 3.21. The molecule has 1 aromatic rings. The number of aliphatic carboxylic acids is 1. The van der Waals surface area contributed by atoms with E-state index in [0.29, 0.717) is 5.75 Å². The van der Waals surface area contributed by atoms with Crippen LogP contribution in [0, 0.1) is 17.0 Å². The van der Waals surface area contributed by atoms with E-state index in [9.17, 15) is 18.4 Å². The van der Waals surface area contributed by atoms with E-state index in [0.717, 1.165) is 25.0 Å². The van der Waals surface area contributed by atoms with E-state index in [1.807, 2.05) is 0 Å². The van der Waals surface area contributed by atoms with E-state index in [-0.39, 0.29) is 17.6 Å². The first-order chi connectivity index (χ1) is 9.92. The maximum absolute atomic E-state index is 13.3. The minimum atomic E-state index is -0.842. The van der Waals surface area contributed by atoms with E-state index in [1.165, 1.54) is 17.8 Å². The Kier molecular flexibility index (Phi) is 4.82. The number of para-hydroxylation sites is 1. The standard InChI is InChI=1S/C14H15F2NO3S/c15-9-2-1-3-10(16)13(9)17-11(18)7-21-8-14(4-5-14)6-12(19)20/h1-3H,4-8H2,(H,17,18)(H,19,20). The molecule has 0 heterocycles. The molecular formula is C14H15F2NO3S. The molecule has 0 aliphatic heterocycles. The molecule has 2 N–H and O–H groups in total. The normalized spacial score (nSPS) is 15.5. The van der Waals surface area contributed by atoms with Crippen molar-refractivity contribution < 1.29 is 23.5 Å². The summed E-state index contributed by atoms with van der Waals surface area (Å²) in [5.74, 6) is -2.39. The maximum Gasteiger partial charge on any atom is 0.303 e. The summed E-state index contributed by atoms with van der Waals surface area (Å²) in [5.41, 5.74) is -0.658. The van der Waals surface area contributed by atoms with Gasteiger partial charge in [-0.05, 0) is 36.1 Å². The van der Waals surface area contributed by atoms with Crippen molar-refractivity contribution in [2.75, 3.05) is 16.8 Å². The zero-order chi connectivity index (χ0) is 15.5. The number of thioether (sulfide) groups is 1. The lowest BCUT2D eigenvalue weighted by Crippen LogP contribution is -2.18. The molecule has 1 aliphatic rings. The fourth-order valence-electron chi connectivity index (χ4n) is 2.02. The van der Waals surface area contributed by atoms with Crippen LogP contribution in [0.1, 0.15) is 19.3 Å². The third kappa shape index (κ3) is 4.42. The van der Waals surface area contributed by atoms with Gasteiger partial charge < -0.3 is 10.4 Å². The topological polar surface area (TPSA) is 66.4 Å². The Morgan fingerprint density at radius 1 is 1.29 bits per heavy atom. The molecule has 0 spiro atoms. The summed E-state index contributed by atoms with van der Waals surface area (Å²) >= 11 is 1.28. The van der Waals surface area contributed by atoms with Crippen molar-refractivity contribution in [1.82, 2.24) is 0 Å². The average molecular weight is 315 g/mol.